The van der Waals surface area contributed by atoms with Gasteiger partial charge >= 0.3 is 0 Å². The van der Waals surface area contributed by atoms with Gasteiger partial charge in [-0.3, -0.25) is 0 Å². The number of aromatic nitrogens is 4. The summed E-state index contributed by atoms with van der Waals surface area (Å²) in [4.78, 5) is 21.9. The summed E-state index contributed by atoms with van der Waals surface area (Å²) in [5, 5.41) is 2.06. The van der Waals surface area contributed by atoms with E-state index in [9.17, 15) is 0 Å². The molecule has 0 spiro atoms. The fourth-order valence-corrected chi connectivity index (χ4v) is 6.93. The van der Waals surface area contributed by atoms with Gasteiger partial charge in [-0.2, -0.15) is 0 Å². The van der Waals surface area contributed by atoms with Gasteiger partial charge in [-0.05, 0) is 18.2 Å². The molecular weight excluding hydrogens is 561 g/mol. The van der Waals surface area contributed by atoms with Crippen LogP contribution in [0.5, 0.6) is 0 Å². The maximum atomic E-state index is 6.24. The topological polar surface area (TPSA) is 64.7 Å². The third kappa shape index (κ3) is 3.92. The highest BCUT2D eigenvalue weighted by molar-refractivity contribution is 7.25. The molecule has 0 saturated carbocycles. The second-order valence-corrected chi connectivity index (χ2v) is 11.7. The average Bonchev–Trinajstić information content (AvgIpc) is 3.65. The van der Waals surface area contributed by atoms with E-state index in [-0.39, 0.29) is 0 Å². The normalized spacial score (nSPS) is 11.6. The highest BCUT2D eigenvalue weighted by atomic mass is 32.1. The van der Waals surface area contributed by atoms with Crippen LogP contribution in [-0.2, 0) is 0 Å². The van der Waals surface area contributed by atoms with Crippen molar-refractivity contribution in [2.24, 2.45) is 0 Å². The fraction of sp³-hybridized carbons (Fsp3) is 0. The van der Waals surface area contributed by atoms with Gasteiger partial charge in [0.05, 0.1) is 17.1 Å². The lowest BCUT2D eigenvalue weighted by molar-refractivity contribution is 0.653. The third-order valence-electron chi connectivity index (χ3n) is 7.96. The second-order valence-electron chi connectivity index (χ2n) is 10.6. The number of benzene rings is 5. The zero-order valence-corrected chi connectivity index (χ0v) is 24.1. The monoisotopic (exact) mass is 582 g/mol. The Balaban J connectivity index is 1.36. The summed E-state index contributed by atoms with van der Waals surface area (Å²) in [5.41, 5.74) is 9.90. The standard InChI is InChI=1S/C38H22N4OS/c1-3-13-23(14-4-1)31-33(41-37-35(39-31)27-19-9-11-21-29(27)43-37)25-17-7-8-18-26(25)34-32(24-15-5-2-6-16-24)40-36-28-20-10-12-22-30(28)44-38(36)42-34/h1-22H. The van der Waals surface area contributed by atoms with E-state index in [0.717, 1.165) is 77.2 Å². The van der Waals surface area contributed by atoms with Gasteiger partial charge in [0, 0.05) is 37.7 Å². The molecule has 0 aliphatic carbocycles. The zero-order chi connectivity index (χ0) is 29.0. The first-order valence-electron chi connectivity index (χ1n) is 14.4. The SMILES string of the molecule is c1ccc(-c2nc3c(nc2-c2ccccc2-c2nc4sc5ccccc5c4nc2-c2ccccc2)oc2ccccc23)cc1. The highest BCUT2D eigenvalue weighted by Crippen LogP contribution is 2.42. The molecule has 0 saturated heterocycles. The van der Waals surface area contributed by atoms with E-state index in [2.05, 4.69) is 60.7 Å². The lowest BCUT2D eigenvalue weighted by atomic mass is 9.95. The quantitative estimate of drug-likeness (QED) is 0.207. The Kier molecular flexibility index (Phi) is 5.61. The first-order chi connectivity index (χ1) is 21.8. The summed E-state index contributed by atoms with van der Waals surface area (Å²) in [7, 11) is 0. The van der Waals surface area contributed by atoms with Crippen LogP contribution in [-0.4, -0.2) is 19.9 Å². The van der Waals surface area contributed by atoms with E-state index in [1.807, 2.05) is 72.8 Å². The van der Waals surface area contributed by atoms with E-state index < -0.39 is 0 Å². The van der Waals surface area contributed by atoms with Crippen LogP contribution in [0.15, 0.2) is 138 Å². The molecule has 5 aromatic carbocycles. The predicted molar refractivity (Wildman–Crippen MR) is 180 cm³/mol. The summed E-state index contributed by atoms with van der Waals surface area (Å²) in [6, 6.07) is 45.1. The minimum absolute atomic E-state index is 0.505. The highest BCUT2D eigenvalue weighted by Gasteiger charge is 2.23. The minimum atomic E-state index is 0.505. The molecule has 5 nitrogen and oxygen atoms in total. The number of nitrogens with zero attached hydrogens (tertiary/aromatic N) is 4. The second kappa shape index (κ2) is 9.93. The predicted octanol–water partition coefficient (Wildman–Crippen LogP) is 10.2. The van der Waals surface area contributed by atoms with Gasteiger partial charge in [0.25, 0.3) is 0 Å². The number of thiophene rings is 1. The van der Waals surface area contributed by atoms with Crippen molar-refractivity contribution in [3.05, 3.63) is 133 Å². The maximum Gasteiger partial charge on any atom is 0.246 e. The van der Waals surface area contributed by atoms with Crippen LogP contribution in [0.1, 0.15) is 0 Å². The molecular formula is C38H22N4OS. The van der Waals surface area contributed by atoms with E-state index >= 15 is 0 Å². The summed E-state index contributed by atoms with van der Waals surface area (Å²) >= 11 is 1.66. The van der Waals surface area contributed by atoms with E-state index in [4.69, 9.17) is 24.4 Å². The molecule has 0 amide bonds. The molecule has 9 aromatic rings. The number of hydrogen-bond donors (Lipinski definition) is 0. The van der Waals surface area contributed by atoms with E-state index in [0.29, 0.717) is 5.71 Å². The van der Waals surface area contributed by atoms with Crippen LogP contribution in [0.25, 0.3) is 87.7 Å². The van der Waals surface area contributed by atoms with Gasteiger partial charge in [-0.15, -0.1) is 11.3 Å². The maximum absolute atomic E-state index is 6.24. The van der Waals surface area contributed by atoms with Crippen molar-refractivity contribution < 1.29 is 4.42 Å². The minimum Gasteiger partial charge on any atom is -0.436 e. The summed E-state index contributed by atoms with van der Waals surface area (Å²) in [6.07, 6.45) is 0. The van der Waals surface area contributed by atoms with Crippen molar-refractivity contribution in [3.8, 4) is 45.0 Å². The Morgan fingerprint density at radius 1 is 0.432 bits per heavy atom. The van der Waals surface area contributed by atoms with Crippen molar-refractivity contribution in [3.63, 3.8) is 0 Å². The number of fused-ring (bicyclic) bond motifs is 6. The zero-order valence-electron chi connectivity index (χ0n) is 23.3. The molecule has 0 aliphatic rings. The average molecular weight is 583 g/mol. The first kappa shape index (κ1) is 24.8. The molecule has 0 radical (unpaired) electrons. The van der Waals surface area contributed by atoms with Gasteiger partial charge < -0.3 is 4.42 Å². The summed E-state index contributed by atoms with van der Waals surface area (Å²) in [6.45, 7) is 0. The largest absolute Gasteiger partial charge is 0.436 e. The van der Waals surface area contributed by atoms with E-state index in [1.54, 1.807) is 11.3 Å². The Labute approximate surface area is 256 Å². The third-order valence-corrected chi connectivity index (χ3v) is 9.01. The molecule has 9 rings (SSSR count). The number of para-hydroxylation sites is 1. The van der Waals surface area contributed by atoms with Gasteiger partial charge in [-0.25, -0.2) is 19.9 Å². The van der Waals surface area contributed by atoms with E-state index in [1.165, 1.54) is 4.70 Å². The van der Waals surface area contributed by atoms with Gasteiger partial charge in [0.2, 0.25) is 5.71 Å². The molecule has 0 fully saturated rings. The lowest BCUT2D eigenvalue weighted by Gasteiger charge is -2.15. The molecule has 4 aromatic heterocycles. The van der Waals surface area contributed by atoms with Crippen LogP contribution in [0.3, 0.4) is 0 Å². The Morgan fingerprint density at radius 2 is 0.977 bits per heavy atom. The number of rotatable bonds is 4. The first-order valence-corrected chi connectivity index (χ1v) is 15.2. The van der Waals surface area contributed by atoms with Crippen molar-refractivity contribution in [1.29, 1.82) is 0 Å². The van der Waals surface area contributed by atoms with Crippen molar-refractivity contribution in [1.82, 2.24) is 19.9 Å². The molecule has 6 heteroatoms. The Morgan fingerprint density at radius 3 is 1.68 bits per heavy atom. The molecule has 0 bridgehead atoms. The van der Waals surface area contributed by atoms with Gasteiger partial charge in [-0.1, -0.05) is 115 Å². The van der Waals surface area contributed by atoms with Gasteiger partial charge in [0.15, 0.2) is 0 Å². The van der Waals surface area contributed by atoms with Crippen molar-refractivity contribution >= 4 is 54.0 Å². The van der Waals surface area contributed by atoms with Crippen molar-refractivity contribution in [2.45, 2.75) is 0 Å². The van der Waals surface area contributed by atoms with Crippen LogP contribution < -0.4 is 0 Å². The molecule has 4 heterocycles. The lowest BCUT2D eigenvalue weighted by Crippen LogP contribution is -1.99. The van der Waals surface area contributed by atoms with Crippen LogP contribution >= 0.6 is 11.3 Å². The van der Waals surface area contributed by atoms with Crippen molar-refractivity contribution in [2.75, 3.05) is 0 Å². The number of hydrogen-bond acceptors (Lipinski definition) is 6. The molecule has 206 valence electrons. The molecule has 0 unspecified atom stereocenters. The Hall–Kier alpha value is -5.72. The van der Waals surface area contributed by atoms with Crippen LogP contribution in [0, 0.1) is 0 Å². The Bertz CT molecular complexity index is 2330. The van der Waals surface area contributed by atoms with Crippen LogP contribution in [0.2, 0.25) is 0 Å². The van der Waals surface area contributed by atoms with Crippen LogP contribution in [0.4, 0.5) is 0 Å². The molecule has 44 heavy (non-hydrogen) atoms. The molecule has 0 N–H and O–H groups in total. The molecule has 0 atom stereocenters. The molecule has 0 aliphatic heterocycles. The number of furan rings is 1. The fourth-order valence-electron chi connectivity index (χ4n) is 5.91. The smallest absolute Gasteiger partial charge is 0.246 e. The summed E-state index contributed by atoms with van der Waals surface area (Å²) < 4.78 is 7.40. The summed E-state index contributed by atoms with van der Waals surface area (Å²) in [5.74, 6) is 0. The van der Waals surface area contributed by atoms with Gasteiger partial charge in [0.1, 0.15) is 27.1 Å².